The van der Waals surface area contributed by atoms with Crippen LogP contribution in [0.2, 0.25) is 0 Å². The molecule has 31 heavy (non-hydrogen) atoms. The van der Waals surface area contributed by atoms with Crippen LogP contribution in [0.5, 0.6) is 0 Å². The molecule has 3 rings (SSSR count). The number of carbonyl (C=O) groups excluding carboxylic acids is 2. The Hall–Kier alpha value is -3.20. The lowest BCUT2D eigenvalue weighted by Crippen LogP contribution is -2.24. The topological polar surface area (TPSA) is 88.9 Å². The van der Waals surface area contributed by atoms with E-state index >= 15 is 0 Å². The highest BCUT2D eigenvalue weighted by atomic mass is 32.2. The Balaban J connectivity index is 1.55. The molecule has 1 aromatic heterocycles. The fourth-order valence-corrected chi connectivity index (χ4v) is 3.90. The molecule has 0 aliphatic heterocycles. The van der Waals surface area contributed by atoms with Crippen LogP contribution in [0.4, 0.5) is 10.1 Å². The molecule has 0 atom stereocenters. The van der Waals surface area contributed by atoms with Crippen molar-refractivity contribution in [3.8, 4) is 0 Å². The van der Waals surface area contributed by atoms with Gasteiger partial charge in [-0.2, -0.15) is 0 Å². The monoisotopic (exact) mass is 441 g/mol. The number of hydrogen-bond donors (Lipinski definition) is 2. The molecule has 0 unspecified atom stereocenters. The summed E-state index contributed by atoms with van der Waals surface area (Å²) >= 11 is 1.27. The number of nitrogens with one attached hydrogen (secondary N) is 2. The standard InChI is InChI=1S/C22H24FN5O2S/c1-13-9-14(2)20(15(3)10-13)25-19(29)12-31-22-27-26-18(28(22)4)11-24-21(30)16-5-7-17(23)8-6-16/h5-10H,11-12H2,1-4H3,(H,24,30)(H,25,29). The smallest absolute Gasteiger partial charge is 0.251 e. The normalized spacial score (nSPS) is 10.7. The lowest BCUT2D eigenvalue weighted by atomic mass is 10.1. The van der Waals surface area contributed by atoms with Crippen molar-refractivity contribution in [2.75, 3.05) is 11.1 Å². The first-order valence-electron chi connectivity index (χ1n) is 9.67. The number of aryl methyl sites for hydroxylation is 3. The average molecular weight is 442 g/mol. The number of anilines is 1. The Kier molecular flexibility index (Phi) is 7.06. The SMILES string of the molecule is Cc1cc(C)c(NC(=O)CSc2nnc(CNC(=O)c3ccc(F)cc3)n2C)c(C)c1. The molecular weight excluding hydrogens is 417 g/mol. The first kappa shape index (κ1) is 22.5. The van der Waals surface area contributed by atoms with Gasteiger partial charge in [-0.1, -0.05) is 29.5 Å². The number of benzene rings is 2. The minimum absolute atomic E-state index is 0.130. The summed E-state index contributed by atoms with van der Waals surface area (Å²) < 4.78 is 14.7. The van der Waals surface area contributed by atoms with Crippen LogP contribution >= 0.6 is 11.8 Å². The average Bonchev–Trinajstić information content (AvgIpc) is 3.07. The maximum Gasteiger partial charge on any atom is 0.251 e. The third-order valence-corrected chi connectivity index (χ3v) is 5.73. The number of aromatic nitrogens is 3. The number of rotatable bonds is 7. The Labute approximate surface area is 184 Å². The van der Waals surface area contributed by atoms with Gasteiger partial charge in [-0.3, -0.25) is 9.59 Å². The number of amides is 2. The van der Waals surface area contributed by atoms with Gasteiger partial charge >= 0.3 is 0 Å². The number of carbonyl (C=O) groups is 2. The number of halogens is 1. The van der Waals surface area contributed by atoms with Crippen molar-refractivity contribution in [3.63, 3.8) is 0 Å². The second kappa shape index (κ2) is 9.74. The predicted octanol–water partition coefficient (Wildman–Crippen LogP) is 3.54. The van der Waals surface area contributed by atoms with Gasteiger partial charge in [0, 0.05) is 18.3 Å². The van der Waals surface area contributed by atoms with Crippen LogP contribution in [-0.4, -0.2) is 32.3 Å². The highest BCUT2D eigenvalue weighted by Crippen LogP contribution is 2.23. The number of thioether (sulfide) groups is 1. The summed E-state index contributed by atoms with van der Waals surface area (Å²) in [7, 11) is 1.77. The fraction of sp³-hybridized carbons (Fsp3) is 0.273. The molecular formula is C22H24FN5O2S. The molecule has 0 bridgehead atoms. The highest BCUT2D eigenvalue weighted by Gasteiger charge is 2.14. The zero-order valence-electron chi connectivity index (χ0n) is 17.8. The van der Waals surface area contributed by atoms with Crippen LogP contribution in [-0.2, 0) is 18.4 Å². The van der Waals surface area contributed by atoms with E-state index in [2.05, 4.69) is 20.8 Å². The molecule has 3 aromatic rings. The molecule has 9 heteroatoms. The number of hydrogen-bond acceptors (Lipinski definition) is 5. The van der Waals surface area contributed by atoms with E-state index in [4.69, 9.17) is 0 Å². The molecule has 7 nitrogen and oxygen atoms in total. The summed E-state index contributed by atoms with van der Waals surface area (Å²) in [4.78, 5) is 24.6. The molecule has 2 N–H and O–H groups in total. The molecule has 0 fully saturated rings. The highest BCUT2D eigenvalue weighted by molar-refractivity contribution is 7.99. The second-order valence-electron chi connectivity index (χ2n) is 7.26. The molecule has 0 aliphatic rings. The van der Waals surface area contributed by atoms with Crippen LogP contribution in [0.1, 0.15) is 32.9 Å². The van der Waals surface area contributed by atoms with Gasteiger partial charge in [-0.05, 0) is 56.2 Å². The Bertz CT molecular complexity index is 1090. The summed E-state index contributed by atoms with van der Waals surface area (Å²) in [6, 6.07) is 9.36. The van der Waals surface area contributed by atoms with Gasteiger partial charge in [0.25, 0.3) is 5.91 Å². The third kappa shape index (κ3) is 5.69. The van der Waals surface area contributed by atoms with Crippen LogP contribution in [0.15, 0.2) is 41.6 Å². The fourth-order valence-electron chi connectivity index (χ4n) is 3.17. The molecule has 0 aliphatic carbocycles. The molecule has 2 amide bonds. The van der Waals surface area contributed by atoms with E-state index < -0.39 is 5.82 Å². The summed E-state index contributed by atoms with van der Waals surface area (Å²) in [5.74, 6) is -0.137. The zero-order valence-corrected chi connectivity index (χ0v) is 18.6. The maximum atomic E-state index is 13.0. The van der Waals surface area contributed by atoms with E-state index in [1.165, 1.54) is 36.0 Å². The van der Waals surface area contributed by atoms with Crippen molar-refractivity contribution >= 4 is 29.3 Å². The van der Waals surface area contributed by atoms with Gasteiger partial charge in [-0.15, -0.1) is 10.2 Å². The van der Waals surface area contributed by atoms with Gasteiger partial charge in [-0.25, -0.2) is 4.39 Å². The molecule has 0 saturated heterocycles. The van der Waals surface area contributed by atoms with Gasteiger partial charge in [0.05, 0.1) is 12.3 Å². The van der Waals surface area contributed by atoms with E-state index in [0.717, 1.165) is 22.4 Å². The Morgan fingerprint density at radius 1 is 1.06 bits per heavy atom. The van der Waals surface area contributed by atoms with Crippen molar-refractivity contribution in [3.05, 3.63) is 70.3 Å². The van der Waals surface area contributed by atoms with Crippen molar-refractivity contribution in [2.45, 2.75) is 32.5 Å². The lowest BCUT2D eigenvalue weighted by Gasteiger charge is -2.12. The summed E-state index contributed by atoms with van der Waals surface area (Å²) in [6.45, 7) is 6.12. The largest absolute Gasteiger partial charge is 0.345 e. The van der Waals surface area contributed by atoms with E-state index in [0.29, 0.717) is 16.5 Å². The van der Waals surface area contributed by atoms with Crippen molar-refractivity contribution in [2.24, 2.45) is 7.05 Å². The Morgan fingerprint density at radius 3 is 2.35 bits per heavy atom. The molecule has 1 heterocycles. The van der Waals surface area contributed by atoms with Crippen LogP contribution in [0, 0.1) is 26.6 Å². The molecule has 0 radical (unpaired) electrons. The van der Waals surface area contributed by atoms with E-state index in [9.17, 15) is 14.0 Å². The van der Waals surface area contributed by atoms with Gasteiger partial charge < -0.3 is 15.2 Å². The first-order valence-corrected chi connectivity index (χ1v) is 10.7. The summed E-state index contributed by atoms with van der Waals surface area (Å²) in [5.41, 5.74) is 4.39. The summed E-state index contributed by atoms with van der Waals surface area (Å²) in [6.07, 6.45) is 0. The molecule has 0 spiro atoms. The third-order valence-electron chi connectivity index (χ3n) is 4.71. The molecule has 0 saturated carbocycles. The summed E-state index contributed by atoms with van der Waals surface area (Å²) in [5, 5.41) is 14.4. The maximum absolute atomic E-state index is 13.0. The van der Waals surface area contributed by atoms with Crippen LogP contribution in [0.3, 0.4) is 0 Å². The zero-order chi connectivity index (χ0) is 22.5. The van der Waals surface area contributed by atoms with Gasteiger partial charge in [0.15, 0.2) is 11.0 Å². The van der Waals surface area contributed by atoms with E-state index in [1.807, 2.05) is 32.9 Å². The van der Waals surface area contributed by atoms with Crippen molar-refractivity contribution < 1.29 is 14.0 Å². The van der Waals surface area contributed by atoms with Crippen molar-refractivity contribution in [1.82, 2.24) is 20.1 Å². The van der Waals surface area contributed by atoms with Gasteiger partial charge in [0.2, 0.25) is 5.91 Å². The van der Waals surface area contributed by atoms with E-state index in [1.54, 1.807) is 11.6 Å². The minimum Gasteiger partial charge on any atom is -0.345 e. The lowest BCUT2D eigenvalue weighted by molar-refractivity contribution is -0.113. The minimum atomic E-state index is -0.400. The van der Waals surface area contributed by atoms with Crippen LogP contribution in [0.25, 0.3) is 0 Å². The molecule has 162 valence electrons. The first-order chi connectivity index (χ1) is 14.7. The van der Waals surface area contributed by atoms with E-state index in [-0.39, 0.29) is 24.1 Å². The second-order valence-corrected chi connectivity index (χ2v) is 8.20. The van der Waals surface area contributed by atoms with Crippen molar-refractivity contribution in [1.29, 1.82) is 0 Å². The Morgan fingerprint density at radius 2 is 1.71 bits per heavy atom. The number of nitrogens with zero attached hydrogens (tertiary/aromatic N) is 3. The predicted molar refractivity (Wildman–Crippen MR) is 119 cm³/mol. The quantitative estimate of drug-likeness (QED) is 0.548. The van der Waals surface area contributed by atoms with Gasteiger partial charge in [0.1, 0.15) is 5.82 Å². The molecule has 2 aromatic carbocycles. The van der Waals surface area contributed by atoms with Crippen LogP contribution < -0.4 is 10.6 Å².